The molecule has 0 spiro atoms. The summed E-state index contributed by atoms with van der Waals surface area (Å²) in [6.07, 6.45) is 1.71. The van der Waals surface area contributed by atoms with Gasteiger partial charge in [0.2, 0.25) is 0 Å². The van der Waals surface area contributed by atoms with Crippen LogP contribution in [0.25, 0.3) is 6.08 Å². The van der Waals surface area contributed by atoms with Gasteiger partial charge in [-0.15, -0.1) is 0 Å². The summed E-state index contributed by atoms with van der Waals surface area (Å²) in [5.74, 6) is -0.612. The second kappa shape index (κ2) is 9.18. The molecule has 0 saturated carbocycles. The standard InChI is InChI=1S/C23H14ClF2NO2S2/c24-18-12-16(7-10-20(18)26)27-22(28)21(31-23(27)30)11-14-5-8-17(9-6-14)29-13-15-3-1-2-4-19(15)25/h1-12H,13H2/b21-11+. The predicted molar refractivity (Wildman–Crippen MR) is 124 cm³/mol. The van der Waals surface area contributed by atoms with Crippen molar-refractivity contribution in [3.05, 3.63) is 99.4 Å². The molecular weight excluding hydrogens is 460 g/mol. The molecule has 0 aromatic heterocycles. The Morgan fingerprint density at radius 1 is 1.03 bits per heavy atom. The molecule has 0 atom stereocenters. The maximum atomic E-state index is 13.7. The van der Waals surface area contributed by atoms with E-state index in [0.717, 1.165) is 17.3 Å². The number of nitrogens with zero attached hydrogens (tertiary/aromatic N) is 1. The Morgan fingerprint density at radius 3 is 2.48 bits per heavy atom. The number of thiocarbonyl (C=S) groups is 1. The lowest BCUT2D eigenvalue weighted by molar-refractivity contribution is -0.113. The zero-order valence-corrected chi connectivity index (χ0v) is 18.2. The lowest BCUT2D eigenvalue weighted by atomic mass is 10.2. The van der Waals surface area contributed by atoms with E-state index in [1.54, 1.807) is 48.5 Å². The third-order valence-corrected chi connectivity index (χ3v) is 6.08. The van der Waals surface area contributed by atoms with Crippen LogP contribution in [0.2, 0.25) is 5.02 Å². The third-order valence-electron chi connectivity index (χ3n) is 4.49. The Bertz CT molecular complexity index is 1200. The summed E-state index contributed by atoms with van der Waals surface area (Å²) in [4.78, 5) is 14.6. The van der Waals surface area contributed by atoms with Crippen LogP contribution in [0.3, 0.4) is 0 Å². The van der Waals surface area contributed by atoms with Crippen LogP contribution in [-0.2, 0) is 11.4 Å². The quantitative estimate of drug-likeness (QED) is 0.308. The van der Waals surface area contributed by atoms with Crippen molar-refractivity contribution in [3.8, 4) is 5.75 Å². The number of benzene rings is 3. The van der Waals surface area contributed by atoms with Gasteiger partial charge in [0, 0.05) is 5.56 Å². The molecule has 1 amide bonds. The largest absolute Gasteiger partial charge is 0.489 e. The van der Waals surface area contributed by atoms with Crippen molar-refractivity contribution in [1.82, 2.24) is 0 Å². The van der Waals surface area contributed by atoms with Crippen LogP contribution < -0.4 is 9.64 Å². The molecule has 31 heavy (non-hydrogen) atoms. The van der Waals surface area contributed by atoms with Gasteiger partial charge in [0.1, 0.15) is 24.0 Å². The van der Waals surface area contributed by atoms with Crippen molar-refractivity contribution in [2.24, 2.45) is 0 Å². The highest BCUT2D eigenvalue weighted by atomic mass is 35.5. The molecule has 1 saturated heterocycles. The summed E-state index contributed by atoms with van der Waals surface area (Å²) >= 11 is 12.3. The van der Waals surface area contributed by atoms with E-state index in [1.165, 1.54) is 29.2 Å². The maximum absolute atomic E-state index is 13.7. The van der Waals surface area contributed by atoms with Crippen molar-refractivity contribution in [2.45, 2.75) is 6.61 Å². The van der Waals surface area contributed by atoms with Gasteiger partial charge in [0.15, 0.2) is 4.32 Å². The molecule has 0 aliphatic carbocycles. The van der Waals surface area contributed by atoms with Crippen LogP contribution in [0.1, 0.15) is 11.1 Å². The number of carbonyl (C=O) groups excluding carboxylic acids is 1. The van der Waals surface area contributed by atoms with Gasteiger partial charge in [-0.1, -0.05) is 65.9 Å². The predicted octanol–water partition coefficient (Wildman–Crippen LogP) is 6.60. The highest BCUT2D eigenvalue weighted by Crippen LogP contribution is 2.37. The number of amides is 1. The summed E-state index contributed by atoms with van der Waals surface area (Å²) in [6, 6.07) is 17.5. The lowest BCUT2D eigenvalue weighted by Crippen LogP contribution is -2.27. The maximum Gasteiger partial charge on any atom is 0.270 e. The van der Waals surface area contributed by atoms with Gasteiger partial charge in [-0.05, 0) is 48.0 Å². The van der Waals surface area contributed by atoms with Crippen LogP contribution in [0, 0.1) is 11.6 Å². The highest BCUT2D eigenvalue weighted by Gasteiger charge is 2.33. The number of carbonyl (C=O) groups is 1. The topological polar surface area (TPSA) is 29.5 Å². The number of hydrogen-bond donors (Lipinski definition) is 0. The van der Waals surface area contributed by atoms with Gasteiger partial charge in [0.05, 0.1) is 15.6 Å². The fourth-order valence-corrected chi connectivity index (χ4v) is 4.38. The summed E-state index contributed by atoms with van der Waals surface area (Å²) in [7, 11) is 0. The zero-order valence-electron chi connectivity index (χ0n) is 15.8. The molecule has 3 nitrogen and oxygen atoms in total. The minimum absolute atomic E-state index is 0.0819. The monoisotopic (exact) mass is 473 g/mol. The molecule has 0 unspecified atom stereocenters. The second-order valence-electron chi connectivity index (χ2n) is 6.56. The Morgan fingerprint density at radius 2 is 1.77 bits per heavy atom. The molecule has 3 aromatic carbocycles. The Balaban J connectivity index is 1.47. The van der Waals surface area contributed by atoms with E-state index in [4.69, 9.17) is 28.6 Å². The zero-order chi connectivity index (χ0) is 22.0. The normalized spacial score (nSPS) is 15.1. The average Bonchev–Trinajstić information content (AvgIpc) is 3.03. The van der Waals surface area contributed by atoms with Gasteiger partial charge in [0.25, 0.3) is 5.91 Å². The van der Waals surface area contributed by atoms with E-state index >= 15 is 0 Å². The number of anilines is 1. The van der Waals surface area contributed by atoms with Gasteiger partial charge < -0.3 is 4.74 Å². The average molecular weight is 474 g/mol. The summed E-state index contributed by atoms with van der Waals surface area (Å²) in [6.45, 7) is 0.116. The van der Waals surface area contributed by atoms with Gasteiger partial charge in [-0.3, -0.25) is 9.69 Å². The van der Waals surface area contributed by atoms with Crippen molar-refractivity contribution in [1.29, 1.82) is 0 Å². The van der Waals surface area contributed by atoms with Crippen molar-refractivity contribution in [2.75, 3.05) is 4.90 Å². The SMILES string of the molecule is O=C1/C(=C\c2ccc(OCc3ccccc3F)cc2)SC(=S)N1c1ccc(F)c(Cl)c1. The Labute approximate surface area is 192 Å². The van der Waals surface area contributed by atoms with Gasteiger partial charge in [-0.25, -0.2) is 8.78 Å². The first-order chi connectivity index (χ1) is 14.9. The first-order valence-electron chi connectivity index (χ1n) is 9.11. The first-order valence-corrected chi connectivity index (χ1v) is 10.7. The number of thioether (sulfide) groups is 1. The van der Waals surface area contributed by atoms with Crippen molar-refractivity contribution in [3.63, 3.8) is 0 Å². The van der Waals surface area contributed by atoms with E-state index < -0.39 is 5.82 Å². The van der Waals surface area contributed by atoms with Crippen LogP contribution in [-0.4, -0.2) is 10.2 Å². The molecule has 156 valence electrons. The molecule has 1 heterocycles. The number of halogens is 3. The second-order valence-corrected chi connectivity index (χ2v) is 8.65. The van der Waals surface area contributed by atoms with Crippen molar-refractivity contribution >= 4 is 57.6 Å². The Kier molecular flexibility index (Phi) is 6.36. The molecule has 1 aliphatic heterocycles. The molecule has 8 heteroatoms. The van der Waals surface area contributed by atoms with E-state index in [1.807, 2.05) is 0 Å². The molecule has 1 fully saturated rings. The Hall–Kier alpha value is -2.74. The lowest BCUT2D eigenvalue weighted by Gasteiger charge is -2.14. The minimum Gasteiger partial charge on any atom is -0.489 e. The smallest absolute Gasteiger partial charge is 0.270 e. The fourth-order valence-electron chi connectivity index (χ4n) is 2.90. The van der Waals surface area contributed by atoms with Gasteiger partial charge >= 0.3 is 0 Å². The minimum atomic E-state index is -0.566. The van der Waals surface area contributed by atoms with E-state index in [2.05, 4.69) is 0 Å². The molecular formula is C23H14ClF2NO2S2. The van der Waals surface area contributed by atoms with E-state index in [0.29, 0.717) is 26.2 Å². The molecule has 0 N–H and O–H groups in total. The van der Waals surface area contributed by atoms with Crippen LogP contribution >= 0.6 is 35.6 Å². The van der Waals surface area contributed by atoms with Crippen LogP contribution in [0.5, 0.6) is 5.75 Å². The summed E-state index contributed by atoms with van der Waals surface area (Å²) in [5.41, 5.74) is 1.65. The highest BCUT2D eigenvalue weighted by molar-refractivity contribution is 8.27. The number of hydrogen-bond acceptors (Lipinski definition) is 4. The summed E-state index contributed by atoms with van der Waals surface area (Å²) < 4.78 is 33.1. The van der Waals surface area contributed by atoms with Crippen molar-refractivity contribution < 1.29 is 18.3 Å². The number of rotatable bonds is 5. The fraction of sp³-hybridized carbons (Fsp3) is 0.0435. The molecule has 0 radical (unpaired) electrons. The molecule has 1 aliphatic rings. The van der Waals surface area contributed by atoms with Crippen LogP contribution in [0.15, 0.2) is 71.6 Å². The third kappa shape index (κ3) is 4.79. The number of ether oxygens (including phenoxy) is 1. The van der Waals surface area contributed by atoms with E-state index in [-0.39, 0.29) is 23.4 Å². The molecule has 3 aromatic rings. The molecule has 0 bridgehead atoms. The first kappa shape index (κ1) is 21.5. The van der Waals surface area contributed by atoms with Gasteiger partial charge in [-0.2, -0.15) is 0 Å². The van der Waals surface area contributed by atoms with E-state index in [9.17, 15) is 13.6 Å². The summed E-state index contributed by atoms with van der Waals surface area (Å²) in [5, 5.41) is -0.0819. The molecule has 4 rings (SSSR count). The van der Waals surface area contributed by atoms with Crippen LogP contribution in [0.4, 0.5) is 14.5 Å².